The predicted octanol–water partition coefficient (Wildman–Crippen LogP) is 0.951. The molecule has 2 N–H and O–H groups in total. The van der Waals surface area contributed by atoms with E-state index >= 15 is 0 Å². The number of aliphatic hydroxyl groups excluding tert-OH is 2. The fourth-order valence-corrected chi connectivity index (χ4v) is 1.09. The average Bonchev–Trinajstić information content (AvgIpc) is 2.20. The molecule has 0 aliphatic carbocycles. The van der Waals surface area contributed by atoms with Crippen LogP contribution in [0.15, 0.2) is 0 Å². The van der Waals surface area contributed by atoms with E-state index in [0.717, 1.165) is 19.3 Å². The van der Waals surface area contributed by atoms with E-state index in [2.05, 4.69) is 0 Å². The van der Waals surface area contributed by atoms with Gasteiger partial charge in [0.1, 0.15) is 0 Å². The third kappa shape index (κ3) is 11.8. The van der Waals surface area contributed by atoms with Gasteiger partial charge in [0.05, 0.1) is 25.4 Å². The van der Waals surface area contributed by atoms with Gasteiger partial charge in [-0.3, -0.25) is 0 Å². The van der Waals surface area contributed by atoms with Crippen LogP contribution in [0.2, 0.25) is 0 Å². The van der Waals surface area contributed by atoms with Crippen LogP contribution in [0.3, 0.4) is 0 Å². The highest BCUT2D eigenvalue weighted by Crippen LogP contribution is 1.98. The van der Waals surface area contributed by atoms with Crippen LogP contribution in [-0.4, -0.2) is 48.8 Å². The highest BCUT2D eigenvalue weighted by atomic mass is 16.5. The van der Waals surface area contributed by atoms with Gasteiger partial charge in [0, 0.05) is 13.2 Å². The van der Waals surface area contributed by atoms with E-state index < -0.39 is 6.10 Å². The highest BCUT2D eigenvalue weighted by molar-refractivity contribution is 4.50. The van der Waals surface area contributed by atoms with Gasteiger partial charge in [-0.1, -0.05) is 0 Å². The molecule has 4 nitrogen and oxygen atoms in total. The number of rotatable bonds is 10. The monoisotopic (exact) mass is 220 g/mol. The molecule has 0 spiro atoms. The Hall–Kier alpha value is -0.160. The van der Waals surface area contributed by atoms with Gasteiger partial charge in [0.25, 0.3) is 0 Å². The minimum Gasteiger partial charge on any atom is -0.396 e. The maximum atomic E-state index is 8.98. The molecule has 0 amide bonds. The molecule has 0 saturated carbocycles. The summed E-state index contributed by atoms with van der Waals surface area (Å²) in [6.45, 7) is 5.51. The Morgan fingerprint density at radius 2 is 1.80 bits per heavy atom. The van der Waals surface area contributed by atoms with Gasteiger partial charge in [-0.05, 0) is 33.1 Å². The molecule has 0 aliphatic heterocycles. The Bertz CT molecular complexity index is 128. The molecule has 0 rings (SSSR count). The molecule has 92 valence electrons. The molecule has 2 unspecified atom stereocenters. The summed E-state index contributed by atoms with van der Waals surface area (Å²) in [7, 11) is 0. The first-order valence-electron chi connectivity index (χ1n) is 5.65. The summed E-state index contributed by atoms with van der Waals surface area (Å²) >= 11 is 0. The largest absolute Gasteiger partial charge is 0.396 e. The topological polar surface area (TPSA) is 58.9 Å². The SMILES string of the molecule is CC(O)COC(C)COCCCCCO. The molecular formula is C11H24O4. The summed E-state index contributed by atoms with van der Waals surface area (Å²) in [4.78, 5) is 0. The lowest BCUT2D eigenvalue weighted by Crippen LogP contribution is -2.21. The standard InChI is InChI=1S/C11H24O4/c1-10(13)8-15-11(2)9-14-7-5-3-4-6-12/h10-13H,3-9H2,1-2H3. The van der Waals surface area contributed by atoms with Crippen molar-refractivity contribution in [2.45, 2.75) is 45.3 Å². The first kappa shape index (κ1) is 14.8. The maximum Gasteiger partial charge on any atom is 0.0781 e. The Labute approximate surface area is 92.2 Å². The van der Waals surface area contributed by atoms with Crippen LogP contribution < -0.4 is 0 Å². The van der Waals surface area contributed by atoms with Gasteiger partial charge < -0.3 is 19.7 Å². The van der Waals surface area contributed by atoms with Crippen LogP contribution >= 0.6 is 0 Å². The fraction of sp³-hybridized carbons (Fsp3) is 1.00. The van der Waals surface area contributed by atoms with Crippen molar-refractivity contribution in [3.63, 3.8) is 0 Å². The number of hydrogen-bond donors (Lipinski definition) is 2. The second-order valence-electron chi connectivity index (χ2n) is 3.85. The minimum atomic E-state index is -0.419. The molecule has 0 saturated heterocycles. The van der Waals surface area contributed by atoms with Crippen LogP contribution in [0.1, 0.15) is 33.1 Å². The van der Waals surface area contributed by atoms with E-state index in [9.17, 15) is 0 Å². The average molecular weight is 220 g/mol. The van der Waals surface area contributed by atoms with E-state index in [-0.39, 0.29) is 12.7 Å². The second kappa shape index (κ2) is 10.4. The molecule has 0 aromatic heterocycles. The summed E-state index contributed by atoms with van der Waals surface area (Å²) in [6.07, 6.45) is 2.43. The third-order valence-corrected chi connectivity index (χ3v) is 1.92. The number of aliphatic hydroxyl groups is 2. The predicted molar refractivity (Wildman–Crippen MR) is 58.9 cm³/mol. The van der Waals surface area contributed by atoms with Crippen molar-refractivity contribution < 1.29 is 19.7 Å². The van der Waals surface area contributed by atoms with E-state index in [1.165, 1.54) is 0 Å². The Morgan fingerprint density at radius 1 is 1.07 bits per heavy atom. The first-order chi connectivity index (χ1) is 7.16. The normalized spacial score (nSPS) is 15.2. The van der Waals surface area contributed by atoms with Gasteiger partial charge in [-0.2, -0.15) is 0 Å². The van der Waals surface area contributed by atoms with Crippen LogP contribution in [0.4, 0.5) is 0 Å². The van der Waals surface area contributed by atoms with Gasteiger partial charge in [-0.15, -0.1) is 0 Å². The van der Waals surface area contributed by atoms with Crippen molar-refractivity contribution in [3.05, 3.63) is 0 Å². The molecular weight excluding hydrogens is 196 g/mol. The molecule has 0 radical (unpaired) electrons. The van der Waals surface area contributed by atoms with Crippen LogP contribution in [0.25, 0.3) is 0 Å². The molecule has 15 heavy (non-hydrogen) atoms. The number of hydrogen-bond acceptors (Lipinski definition) is 4. The lowest BCUT2D eigenvalue weighted by molar-refractivity contribution is -0.0369. The lowest BCUT2D eigenvalue weighted by atomic mass is 10.2. The van der Waals surface area contributed by atoms with Crippen molar-refractivity contribution in [1.29, 1.82) is 0 Å². The van der Waals surface area contributed by atoms with Crippen molar-refractivity contribution in [3.8, 4) is 0 Å². The molecule has 2 atom stereocenters. The van der Waals surface area contributed by atoms with E-state index in [0.29, 0.717) is 19.8 Å². The van der Waals surface area contributed by atoms with Crippen molar-refractivity contribution >= 4 is 0 Å². The van der Waals surface area contributed by atoms with Crippen molar-refractivity contribution in [2.24, 2.45) is 0 Å². The van der Waals surface area contributed by atoms with Crippen molar-refractivity contribution in [1.82, 2.24) is 0 Å². The number of unbranched alkanes of at least 4 members (excludes halogenated alkanes) is 2. The van der Waals surface area contributed by atoms with Gasteiger partial charge in [0.15, 0.2) is 0 Å². The summed E-state index contributed by atoms with van der Waals surface area (Å²) in [5.41, 5.74) is 0. The summed E-state index contributed by atoms with van der Waals surface area (Å²) in [5.74, 6) is 0. The molecule has 4 heteroatoms. The molecule has 0 heterocycles. The zero-order valence-electron chi connectivity index (χ0n) is 9.82. The summed E-state index contributed by atoms with van der Waals surface area (Å²) in [5, 5.41) is 17.5. The smallest absolute Gasteiger partial charge is 0.0781 e. The van der Waals surface area contributed by atoms with Gasteiger partial charge in [0.2, 0.25) is 0 Å². The van der Waals surface area contributed by atoms with Crippen LogP contribution in [0.5, 0.6) is 0 Å². The van der Waals surface area contributed by atoms with Gasteiger partial charge >= 0.3 is 0 Å². The van der Waals surface area contributed by atoms with Crippen LogP contribution in [0, 0.1) is 0 Å². The second-order valence-corrected chi connectivity index (χ2v) is 3.85. The zero-order valence-corrected chi connectivity index (χ0v) is 9.82. The van der Waals surface area contributed by atoms with E-state index in [4.69, 9.17) is 19.7 Å². The Balaban J connectivity index is 3.13. The Morgan fingerprint density at radius 3 is 2.40 bits per heavy atom. The summed E-state index contributed by atoms with van der Waals surface area (Å²) in [6, 6.07) is 0. The first-order valence-corrected chi connectivity index (χ1v) is 5.65. The Kier molecular flexibility index (Phi) is 10.3. The molecule has 0 aromatic rings. The molecule has 0 aliphatic rings. The van der Waals surface area contributed by atoms with Crippen LogP contribution in [-0.2, 0) is 9.47 Å². The quantitative estimate of drug-likeness (QED) is 0.538. The highest BCUT2D eigenvalue weighted by Gasteiger charge is 2.04. The summed E-state index contributed by atoms with van der Waals surface area (Å²) < 4.78 is 10.7. The molecule has 0 aromatic carbocycles. The minimum absolute atomic E-state index is 0.0254. The van der Waals surface area contributed by atoms with Crippen molar-refractivity contribution in [2.75, 3.05) is 26.4 Å². The molecule has 0 bridgehead atoms. The lowest BCUT2D eigenvalue weighted by Gasteiger charge is -2.14. The maximum absolute atomic E-state index is 8.98. The van der Waals surface area contributed by atoms with Gasteiger partial charge in [-0.25, -0.2) is 0 Å². The van der Waals surface area contributed by atoms with E-state index in [1.807, 2.05) is 6.92 Å². The fourth-order valence-electron chi connectivity index (χ4n) is 1.09. The number of ether oxygens (including phenoxy) is 2. The third-order valence-electron chi connectivity index (χ3n) is 1.92. The molecule has 0 fully saturated rings. The zero-order chi connectivity index (χ0) is 11.5. The van der Waals surface area contributed by atoms with E-state index in [1.54, 1.807) is 6.92 Å².